The molecular weight excluding hydrogens is 350 g/mol. The molecule has 2 rings (SSSR count). The number of hydrogen-bond acceptors (Lipinski definition) is 3. The third kappa shape index (κ3) is 5.92. The molecule has 2 aromatic carbocycles. The normalized spacial score (nSPS) is 13.2. The average Bonchev–Trinajstić information content (AvgIpc) is 2.66. The van der Waals surface area contributed by atoms with Crippen molar-refractivity contribution in [3.05, 3.63) is 71.3 Å². The van der Waals surface area contributed by atoms with E-state index in [-0.39, 0.29) is 23.8 Å². The molecule has 28 heavy (non-hydrogen) atoms. The largest absolute Gasteiger partial charge is 0.352 e. The van der Waals surface area contributed by atoms with E-state index >= 15 is 0 Å². The van der Waals surface area contributed by atoms with E-state index in [0.717, 1.165) is 11.1 Å². The number of hydrogen-bond donors (Lipinski definition) is 2. The summed E-state index contributed by atoms with van der Waals surface area (Å²) < 4.78 is 0. The Kier molecular flexibility index (Phi) is 7.76. The van der Waals surface area contributed by atoms with Crippen LogP contribution >= 0.6 is 0 Å². The summed E-state index contributed by atoms with van der Waals surface area (Å²) in [7, 11) is 3.98. The van der Waals surface area contributed by atoms with Crippen molar-refractivity contribution in [1.82, 2.24) is 15.5 Å². The molecule has 0 radical (unpaired) electrons. The highest BCUT2D eigenvalue weighted by atomic mass is 16.2. The first-order valence-corrected chi connectivity index (χ1v) is 9.66. The highest BCUT2D eigenvalue weighted by Crippen LogP contribution is 2.17. The fourth-order valence-electron chi connectivity index (χ4n) is 3.05. The van der Waals surface area contributed by atoms with Gasteiger partial charge in [0, 0.05) is 12.1 Å². The van der Waals surface area contributed by atoms with Gasteiger partial charge in [0.05, 0.1) is 6.04 Å². The Morgan fingerprint density at radius 3 is 2.11 bits per heavy atom. The number of likely N-dealkylation sites (N-methyl/N-ethyl adjacent to an activating group) is 1. The molecule has 2 aromatic rings. The minimum absolute atomic E-state index is 0.0241. The number of aryl methyl sites for hydroxylation is 1. The van der Waals surface area contributed by atoms with Gasteiger partial charge in [-0.05, 0) is 44.6 Å². The second kappa shape index (κ2) is 10.0. The molecule has 0 heterocycles. The quantitative estimate of drug-likeness (QED) is 0.738. The van der Waals surface area contributed by atoms with Crippen LogP contribution in [-0.4, -0.2) is 43.4 Å². The van der Waals surface area contributed by atoms with Crippen molar-refractivity contribution in [2.75, 3.05) is 20.6 Å². The summed E-state index contributed by atoms with van der Waals surface area (Å²) in [5.41, 5.74) is 2.78. The summed E-state index contributed by atoms with van der Waals surface area (Å²) in [5.74, 6) is -0.428. The number of nitrogens with one attached hydrogen (secondary N) is 2. The molecule has 0 spiro atoms. The van der Waals surface area contributed by atoms with Crippen molar-refractivity contribution >= 4 is 11.8 Å². The van der Waals surface area contributed by atoms with Gasteiger partial charge in [-0.3, -0.25) is 9.59 Å². The SMILES string of the molecule is Cc1ccc(C(=O)N[C@H](C(=O)NCC(c2ccccc2)N(C)C)C(C)C)cc1. The maximum Gasteiger partial charge on any atom is 0.251 e. The minimum Gasteiger partial charge on any atom is -0.352 e. The van der Waals surface area contributed by atoms with Crippen LogP contribution in [0.1, 0.15) is 41.4 Å². The number of carbonyl (C=O) groups is 2. The Labute approximate surface area is 168 Å². The molecule has 0 aliphatic rings. The Balaban J connectivity index is 2.03. The first kappa shape index (κ1) is 21.6. The first-order valence-electron chi connectivity index (χ1n) is 9.66. The Morgan fingerprint density at radius 1 is 0.964 bits per heavy atom. The molecule has 2 atom stereocenters. The van der Waals surface area contributed by atoms with Crippen LogP contribution in [-0.2, 0) is 4.79 Å². The van der Waals surface area contributed by atoms with Gasteiger partial charge >= 0.3 is 0 Å². The molecule has 150 valence electrons. The molecule has 2 amide bonds. The summed E-state index contributed by atoms with van der Waals surface area (Å²) in [6.45, 7) is 6.31. The predicted molar refractivity (Wildman–Crippen MR) is 113 cm³/mol. The highest BCUT2D eigenvalue weighted by molar-refractivity contribution is 5.97. The lowest BCUT2D eigenvalue weighted by molar-refractivity contribution is -0.124. The molecule has 5 heteroatoms. The van der Waals surface area contributed by atoms with Crippen molar-refractivity contribution in [3.8, 4) is 0 Å². The van der Waals surface area contributed by atoms with Gasteiger partial charge in [0.25, 0.3) is 5.91 Å². The van der Waals surface area contributed by atoms with Crippen LogP contribution < -0.4 is 10.6 Å². The van der Waals surface area contributed by atoms with Crippen molar-refractivity contribution in [2.45, 2.75) is 32.9 Å². The molecule has 0 saturated heterocycles. The summed E-state index contributed by atoms with van der Waals surface area (Å²) in [6, 6.07) is 16.9. The van der Waals surface area contributed by atoms with E-state index in [4.69, 9.17) is 0 Å². The summed E-state index contributed by atoms with van der Waals surface area (Å²) >= 11 is 0. The van der Waals surface area contributed by atoms with E-state index in [1.54, 1.807) is 12.1 Å². The predicted octanol–water partition coefficient (Wildman–Crippen LogP) is 3.17. The molecular formula is C23H31N3O2. The average molecular weight is 382 g/mol. The van der Waals surface area contributed by atoms with Crippen LogP contribution in [0.4, 0.5) is 0 Å². The fourth-order valence-corrected chi connectivity index (χ4v) is 3.05. The van der Waals surface area contributed by atoms with Gasteiger partial charge in [0.2, 0.25) is 5.91 Å². The van der Waals surface area contributed by atoms with Crippen LogP contribution in [0.25, 0.3) is 0 Å². The molecule has 0 aliphatic heterocycles. The number of amides is 2. The molecule has 0 fully saturated rings. The van der Waals surface area contributed by atoms with Gasteiger partial charge in [-0.25, -0.2) is 0 Å². The van der Waals surface area contributed by atoms with Gasteiger partial charge in [0.15, 0.2) is 0 Å². The van der Waals surface area contributed by atoms with Crippen LogP contribution in [0.2, 0.25) is 0 Å². The number of benzene rings is 2. The third-order valence-electron chi connectivity index (χ3n) is 4.83. The molecule has 0 saturated carbocycles. The molecule has 0 aromatic heterocycles. The minimum atomic E-state index is -0.590. The molecule has 5 nitrogen and oxygen atoms in total. The lowest BCUT2D eigenvalue weighted by Gasteiger charge is -2.27. The molecule has 0 bridgehead atoms. The molecule has 0 aliphatic carbocycles. The monoisotopic (exact) mass is 381 g/mol. The standard InChI is InChI=1S/C23H31N3O2/c1-16(2)21(25-22(27)19-13-11-17(3)12-14-19)23(28)24-15-20(26(4)5)18-9-7-6-8-10-18/h6-14,16,20-21H,15H2,1-5H3,(H,24,28)(H,25,27)/t20?,21-/m0/s1. The Hall–Kier alpha value is -2.66. The van der Waals surface area contributed by atoms with Crippen molar-refractivity contribution in [2.24, 2.45) is 5.92 Å². The second-order valence-electron chi connectivity index (χ2n) is 7.70. The van der Waals surface area contributed by atoms with Crippen molar-refractivity contribution in [1.29, 1.82) is 0 Å². The zero-order valence-corrected chi connectivity index (χ0v) is 17.4. The van der Waals surface area contributed by atoms with Crippen LogP contribution in [0.5, 0.6) is 0 Å². The highest BCUT2D eigenvalue weighted by Gasteiger charge is 2.25. The lowest BCUT2D eigenvalue weighted by atomic mass is 10.0. The van der Waals surface area contributed by atoms with E-state index in [9.17, 15) is 9.59 Å². The van der Waals surface area contributed by atoms with E-state index in [2.05, 4.69) is 27.7 Å². The van der Waals surface area contributed by atoms with Gasteiger partial charge in [-0.1, -0.05) is 61.9 Å². The Morgan fingerprint density at radius 2 is 1.57 bits per heavy atom. The maximum absolute atomic E-state index is 12.8. The van der Waals surface area contributed by atoms with Crippen molar-refractivity contribution < 1.29 is 9.59 Å². The van der Waals surface area contributed by atoms with E-state index in [1.165, 1.54) is 0 Å². The fraction of sp³-hybridized carbons (Fsp3) is 0.391. The van der Waals surface area contributed by atoms with Crippen molar-refractivity contribution in [3.63, 3.8) is 0 Å². The topological polar surface area (TPSA) is 61.4 Å². The third-order valence-corrected chi connectivity index (χ3v) is 4.83. The van der Waals surface area contributed by atoms with Gasteiger partial charge in [-0.2, -0.15) is 0 Å². The summed E-state index contributed by atoms with van der Waals surface area (Å²) in [5, 5.41) is 5.89. The second-order valence-corrected chi connectivity index (χ2v) is 7.70. The van der Waals surface area contributed by atoms with Crippen LogP contribution in [0.15, 0.2) is 54.6 Å². The van der Waals surface area contributed by atoms with E-state index in [1.807, 2.05) is 65.2 Å². The number of nitrogens with zero attached hydrogens (tertiary/aromatic N) is 1. The summed E-state index contributed by atoms with van der Waals surface area (Å²) in [6.07, 6.45) is 0. The van der Waals surface area contributed by atoms with Gasteiger partial charge in [-0.15, -0.1) is 0 Å². The lowest BCUT2D eigenvalue weighted by Crippen LogP contribution is -2.51. The maximum atomic E-state index is 12.8. The summed E-state index contributed by atoms with van der Waals surface area (Å²) in [4.78, 5) is 27.4. The van der Waals surface area contributed by atoms with Crippen LogP contribution in [0.3, 0.4) is 0 Å². The van der Waals surface area contributed by atoms with Gasteiger partial charge in [0.1, 0.15) is 6.04 Å². The van der Waals surface area contributed by atoms with Crippen LogP contribution in [0, 0.1) is 12.8 Å². The zero-order chi connectivity index (χ0) is 20.7. The van der Waals surface area contributed by atoms with E-state index < -0.39 is 6.04 Å². The Bertz CT molecular complexity index is 770. The first-order chi connectivity index (χ1) is 13.3. The number of rotatable bonds is 8. The zero-order valence-electron chi connectivity index (χ0n) is 17.4. The smallest absolute Gasteiger partial charge is 0.251 e. The molecule has 1 unspecified atom stereocenters. The van der Waals surface area contributed by atoms with E-state index in [0.29, 0.717) is 12.1 Å². The number of carbonyl (C=O) groups excluding carboxylic acids is 2. The molecule has 2 N–H and O–H groups in total. The van der Waals surface area contributed by atoms with Gasteiger partial charge < -0.3 is 15.5 Å².